The second-order valence-electron chi connectivity index (χ2n) is 6.04. The van der Waals surface area contributed by atoms with Crippen molar-refractivity contribution >= 4 is 23.5 Å². The Bertz CT molecular complexity index is 673. The molecule has 7 heteroatoms. The molecule has 1 aliphatic rings. The van der Waals surface area contributed by atoms with E-state index in [0.717, 1.165) is 5.56 Å². The van der Waals surface area contributed by atoms with E-state index < -0.39 is 11.5 Å². The van der Waals surface area contributed by atoms with Gasteiger partial charge in [-0.25, -0.2) is 4.79 Å². The van der Waals surface area contributed by atoms with Crippen molar-refractivity contribution in [3.8, 4) is 0 Å². The van der Waals surface area contributed by atoms with Crippen molar-refractivity contribution in [3.05, 3.63) is 29.3 Å². The number of hydrogen-bond donors (Lipinski definition) is 2. The number of likely N-dealkylation sites (tertiary alicyclic amines) is 1. The predicted octanol–water partition coefficient (Wildman–Crippen LogP) is 1.66. The van der Waals surface area contributed by atoms with Gasteiger partial charge in [0, 0.05) is 31.8 Å². The van der Waals surface area contributed by atoms with Crippen LogP contribution in [0.15, 0.2) is 18.2 Å². The van der Waals surface area contributed by atoms with Gasteiger partial charge in [-0.15, -0.1) is 0 Å². The molecule has 1 fully saturated rings. The van der Waals surface area contributed by atoms with Crippen molar-refractivity contribution in [2.75, 3.05) is 25.6 Å². The van der Waals surface area contributed by atoms with Crippen LogP contribution in [0.2, 0.25) is 0 Å². The number of methoxy groups -OCH3 is 1. The second kappa shape index (κ2) is 7.00. The summed E-state index contributed by atoms with van der Waals surface area (Å²) in [6.07, 6.45) is 0.956. The van der Waals surface area contributed by atoms with Crippen molar-refractivity contribution in [2.45, 2.75) is 32.2 Å². The Morgan fingerprint density at radius 1 is 1.38 bits per heavy atom. The van der Waals surface area contributed by atoms with E-state index >= 15 is 0 Å². The summed E-state index contributed by atoms with van der Waals surface area (Å²) in [5.74, 6) is -1.67. The molecule has 1 saturated heterocycles. The second-order valence-corrected chi connectivity index (χ2v) is 6.04. The average Bonchev–Trinajstić information content (AvgIpc) is 2.94. The molecule has 0 radical (unpaired) electrons. The fraction of sp³-hybridized carbons (Fsp3) is 0.471. The number of nitrogens with zero attached hydrogens (tertiary/aromatic N) is 1. The lowest BCUT2D eigenvalue weighted by Crippen LogP contribution is -2.56. The van der Waals surface area contributed by atoms with E-state index in [1.807, 2.05) is 6.92 Å². The Kier molecular flexibility index (Phi) is 5.23. The van der Waals surface area contributed by atoms with Crippen LogP contribution in [-0.4, -0.2) is 53.6 Å². The first-order valence-electron chi connectivity index (χ1n) is 7.74. The molecule has 1 aromatic rings. The molecular formula is C17H22N2O5. The first-order valence-corrected chi connectivity index (χ1v) is 7.74. The summed E-state index contributed by atoms with van der Waals surface area (Å²) < 4.78 is 5.07. The van der Waals surface area contributed by atoms with E-state index in [1.165, 1.54) is 18.9 Å². The molecule has 130 valence electrons. The van der Waals surface area contributed by atoms with Crippen LogP contribution in [0.1, 0.15) is 35.7 Å². The summed E-state index contributed by atoms with van der Waals surface area (Å²) in [6.45, 7) is 3.51. The third-order valence-corrected chi connectivity index (χ3v) is 4.31. The molecule has 1 aliphatic heterocycles. The lowest BCUT2D eigenvalue weighted by Gasteiger charge is -2.34. The molecule has 0 spiro atoms. The molecule has 0 aliphatic carbocycles. The fourth-order valence-electron chi connectivity index (χ4n) is 3.08. The Morgan fingerprint density at radius 3 is 2.67 bits per heavy atom. The molecule has 0 bridgehead atoms. The molecule has 2 N–H and O–H groups in total. The minimum absolute atomic E-state index is 0.0571. The van der Waals surface area contributed by atoms with E-state index in [-0.39, 0.29) is 18.4 Å². The minimum Gasteiger partial charge on any atom is -0.479 e. The van der Waals surface area contributed by atoms with Crippen LogP contribution in [0.25, 0.3) is 0 Å². The zero-order chi connectivity index (χ0) is 17.9. The number of anilines is 1. The zero-order valence-corrected chi connectivity index (χ0v) is 14.1. The zero-order valence-electron chi connectivity index (χ0n) is 14.1. The van der Waals surface area contributed by atoms with Gasteiger partial charge < -0.3 is 20.1 Å². The van der Waals surface area contributed by atoms with Crippen LogP contribution in [0.3, 0.4) is 0 Å². The van der Waals surface area contributed by atoms with Gasteiger partial charge >= 0.3 is 5.97 Å². The maximum Gasteiger partial charge on any atom is 0.332 e. The summed E-state index contributed by atoms with van der Waals surface area (Å²) in [6, 6.07) is 4.95. The number of ether oxygens (including phenoxy) is 1. The minimum atomic E-state index is -1.34. The smallest absolute Gasteiger partial charge is 0.332 e. The fourth-order valence-corrected chi connectivity index (χ4v) is 3.08. The molecule has 1 heterocycles. The molecule has 0 aromatic heterocycles. The maximum absolute atomic E-state index is 12.9. The van der Waals surface area contributed by atoms with Gasteiger partial charge in [0.05, 0.1) is 6.61 Å². The van der Waals surface area contributed by atoms with Gasteiger partial charge in [-0.05, 0) is 37.5 Å². The van der Waals surface area contributed by atoms with Crippen molar-refractivity contribution in [1.29, 1.82) is 0 Å². The third kappa shape index (κ3) is 3.26. The lowest BCUT2D eigenvalue weighted by atomic mass is 9.96. The monoisotopic (exact) mass is 334 g/mol. The van der Waals surface area contributed by atoms with Gasteiger partial charge in [0.2, 0.25) is 5.91 Å². The van der Waals surface area contributed by atoms with Crippen molar-refractivity contribution in [1.82, 2.24) is 4.90 Å². The average molecular weight is 334 g/mol. The highest BCUT2D eigenvalue weighted by molar-refractivity contribution is 6.00. The van der Waals surface area contributed by atoms with Gasteiger partial charge in [0.15, 0.2) is 5.54 Å². The molecule has 2 rings (SSSR count). The predicted molar refractivity (Wildman–Crippen MR) is 88.0 cm³/mol. The summed E-state index contributed by atoms with van der Waals surface area (Å²) in [7, 11) is 1.42. The van der Waals surface area contributed by atoms with Crippen LogP contribution in [0, 0.1) is 6.92 Å². The summed E-state index contributed by atoms with van der Waals surface area (Å²) >= 11 is 0. The van der Waals surface area contributed by atoms with E-state index in [0.29, 0.717) is 30.6 Å². The van der Waals surface area contributed by atoms with Crippen molar-refractivity contribution in [2.24, 2.45) is 0 Å². The number of carboxylic acid groups (broad SMARTS) is 1. The van der Waals surface area contributed by atoms with Crippen molar-refractivity contribution in [3.63, 3.8) is 0 Å². The molecular weight excluding hydrogens is 312 g/mol. The molecule has 1 atom stereocenters. The molecule has 1 aromatic carbocycles. The summed E-state index contributed by atoms with van der Waals surface area (Å²) in [5, 5.41) is 12.3. The Balaban J connectivity index is 2.37. The summed E-state index contributed by atoms with van der Waals surface area (Å²) in [4.78, 5) is 37.3. The van der Waals surface area contributed by atoms with Crippen LogP contribution >= 0.6 is 0 Å². The van der Waals surface area contributed by atoms with E-state index in [4.69, 9.17) is 4.74 Å². The first-order chi connectivity index (χ1) is 11.3. The number of hydrogen-bond acceptors (Lipinski definition) is 4. The van der Waals surface area contributed by atoms with E-state index in [1.54, 1.807) is 18.2 Å². The van der Waals surface area contributed by atoms with Crippen molar-refractivity contribution < 1.29 is 24.2 Å². The van der Waals surface area contributed by atoms with Gasteiger partial charge in [-0.3, -0.25) is 9.59 Å². The molecule has 1 unspecified atom stereocenters. The number of nitrogens with one attached hydrogen (secondary N) is 1. The number of aryl methyl sites for hydroxylation is 1. The maximum atomic E-state index is 12.9. The van der Waals surface area contributed by atoms with Gasteiger partial charge in [-0.2, -0.15) is 0 Å². The highest BCUT2D eigenvalue weighted by Crippen LogP contribution is 2.32. The van der Waals surface area contributed by atoms with Crippen LogP contribution < -0.4 is 5.32 Å². The Labute approximate surface area is 140 Å². The SMILES string of the molecule is COCC1(C(=O)O)CCCN1C(=O)c1ccc(C)c(NC(C)=O)c1. The quantitative estimate of drug-likeness (QED) is 0.854. The highest BCUT2D eigenvalue weighted by Gasteiger charge is 2.50. The Hall–Kier alpha value is -2.41. The van der Waals surface area contributed by atoms with Crippen LogP contribution in [0.4, 0.5) is 5.69 Å². The Morgan fingerprint density at radius 2 is 2.08 bits per heavy atom. The van der Waals surface area contributed by atoms with Crippen LogP contribution in [0.5, 0.6) is 0 Å². The third-order valence-electron chi connectivity index (χ3n) is 4.31. The molecule has 24 heavy (non-hydrogen) atoms. The lowest BCUT2D eigenvalue weighted by molar-refractivity contribution is -0.151. The number of rotatable bonds is 5. The topological polar surface area (TPSA) is 95.9 Å². The standard InChI is InChI=1S/C17H22N2O5/c1-11-5-6-13(9-14(11)18-12(2)20)15(21)19-8-4-7-17(19,10-24-3)16(22)23/h5-6,9H,4,7-8,10H2,1-3H3,(H,18,20)(H,22,23). The number of carboxylic acids is 1. The van der Waals surface area contributed by atoms with Gasteiger partial charge in [0.25, 0.3) is 5.91 Å². The number of benzene rings is 1. The number of aliphatic carboxylic acids is 1. The normalized spacial score (nSPS) is 20.0. The highest BCUT2D eigenvalue weighted by atomic mass is 16.5. The number of amides is 2. The van der Waals surface area contributed by atoms with Gasteiger partial charge in [0.1, 0.15) is 0 Å². The molecule has 2 amide bonds. The summed E-state index contributed by atoms with van der Waals surface area (Å²) in [5.41, 5.74) is 0.364. The molecule has 0 saturated carbocycles. The van der Waals surface area contributed by atoms with Gasteiger partial charge in [-0.1, -0.05) is 6.07 Å². The molecule has 7 nitrogen and oxygen atoms in total. The largest absolute Gasteiger partial charge is 0.479 e. The number of carbonyl (C=O) groups is 3. The van der Waals surface area contributed by atoms with E-state index in [9.17, 15) is 19.5 Å². The first kappa shape index (κ1) is 17.9. The van der Waals surface area contributed by atoms with Crippen LogP contribution in [-0.2, 0) is 14.3 Å². The van der Waals surface area contributed by atoms with E-state index in [2.05, 4.69) is 5.32 Å². The number of carbonyl (C=O) groups excluding carboxylic acids is 2.